The van der Waals surface area contributed by atoms with Crippen LogP contribution in [0.15, 0.2) is 113 Å². The summed E-state index contributed by atoms with van der Waals surface area (Å²) in [7, 11) is -13.0. The number of nitrogens with zero attached hydrogens (tertiary/aromatic N) is 7. The fourth-order valence-electron chi connectivity index (χ4n) is 4.91. The third-order valence-corrected chi connectivity index (χ3v) is 13.5. The van der Waals surface area contributed by atoms with Gasteiger partial charge in [0.15, 0.2) is 44.3 Å². The van der Waals surface area contributed by atoms with Gasteiger partial charge >= 0.3 is 124 Å². The van der Waals surface area contributed by atoms with E-state index in [4.69, 9.17) is 19.8 Å². The number of hydrogen-bond acceptors (Lipinski definition) is 32. The molecule has 29 nitrogen and oxygen atoms in total. The second kappa shape index (κ2) is 34.4. The first-order valence-corrected chi connectivity index (χ1v) is 24.1. The maximum Gasteiger partial charge on any atom is 1.00 e. The summed E-state index contributed by atoms with van der Waals surface area (Å²) in [5.74, 6) is -1.70. The molecule has 0 saturated carbocycles. The van der Waals surface area contributed by atoms with Crippen LogP contribution in [0.4, 0.5) is 61.8 Å². The fraction of sp³-hybridized carbons (Fsp3) is 0.156. The third kappa shape index (κ3) is 21.9. The number of nitrogens with one attached hydrogen (secondary N) is 2. The summed E-state index contributed by atoms with van der Waals surface area (Å²) in [5, 5.41) is 61.1. The fourth-order valence-corrected chi connectivity index (χ4v) is 8.76. The van der Waals surface area contributed by atoms with Crippen LogP contribution in [0, 0.1) is 6.08 Å². The van der Waals surface area contributed by atoms with Gasteiger partial charge in [-0.1, -0.05) is 7.43 Å². The predicted octanol–water partition coefficient (Wildman–Crippen LogP) is -8.57. The Kier molecular flexibility index (Phi) is 33.8. The van der Waals surface area contributed by atoms with Gasteiger partial charge < -0.3 is 42.4 Å². The molecule has 0 amide bonds. The Bertz CT molecular complexity index is 2920. The normalized spacial score (nSPS) is 11.5. The molecule has 6 N–H and O–H groups in total. The molecule has 5 rings (SSSR count). The molecule has 40 heteroatoms. The molecule has 4 aromatic carbocycles. The van der Waals surface area contributed by atoms with Gasteiger partial charge in [0.05, 0.1) is 73.4 Å². The van der Waals surface area contributed by atoms with Gasteiger partial charge in [-0.25, -0.2) is 25.3 Å². The van der Waals surface area contributed by atoms with Crippen molar-refractivity contribution in [3.63, 3.8) is 0 Å². The number of anilines is 6. The van der Waals surface area contributed by atoms with E-state index in [9.17, 15) is 50.0 Å². The molecular formula is C32H30FN11Na4O18S6. The van der Waals surface area contributed by atoms with Crippen LogP contribution in [0.25, 0.3) is 0 Å². The molecule has 0 aliphatic carbocycles. The quantitative estimate of drug-likeness (QED) is 0.00584. The summed E-state index contributed by atoms with van der Waals surface area (Å²) < 4.78 is 123. The van der Waals surface area contributed by atoms with Gasteiger partial charge in [-0.15, -0.1) is 24.0 Å². The Morgan fingerprint density at radius 1 is 0.611 bits per heavy atom. The number of nitrogens with two attached hydrogens (primary N) is 2. The number of aromatic nitrogens is 3. The maximum absolute atomic E-state index is 14.6. The van der Waals surface area contributed by atoms with Crippen molar-refractivity contribution in [2.24, 2.45) is 20.5 Å². The molecule has 0 bridgehead atoms. The molecular weight excluding hydrogens is 1130 g/mol. The van der Waals surface area contributed by atoms with E-state index in [0.717, 1.165) is 6.07 Å². The van der Waals surface area contributed by atoms with E-state index in [-0.39, 0.29) is 213 Å². The summed E-state index contributed by atoms with van der Waals surface area (Å²) in [6.45, 7) is -0.714. The van der Waals surface area contributed by atoms with Gasteiger partial charge in [-0.2, -0.15) is 28.8 Å². The number of nitrogen functional groups attached to an aromatic ring is 2. The monoisotopic (exact) mass is 1160 g/mol. The molecule has 72 heavy (non-hydrogen) atoms. The van der Waals surface area contributed by atoms with Crippen LogP contribution in [-0.4, -0.2) is 69.5 Å². The smallest absolute Gasteiger partial charge is 0.744 e. The number of sulfone groups is 2. The van der Waals surface area contributed by atoms with Crippen LogP contribution < -0.4 is 156 Å². The SMILES string of the molecule is C.Nc1c(N=Nc2ccc(S(=O)(=O)CCOSOO[O-])cc2)cc(S(=O)(=O)[O-])c(N)c1N=Nc1cc(Nc2nc(F)nc(Nc3ccc(S(=O)(=O)CCOSOO[O-])cc3)n2)ccc1SOO[O-].[Na+].[Na+].[Na+].[Na+]. The third-order valence-electron chi connectivity index (χ3n) is 7.84. The van der Waals surface area contributed by atoms with Crippen LogP contribution in [0.2, 0.25) is 0 Å². The minimum Gasteiger partial charge on any atom is -0.744 e. The number of hydrogen-bond donors (Lipinski definition) is 4. The zero-order chi connectivity index (χ0) is 48.6. The largest absolute Gasteiger partial charge is 1.00 e. The Morgan fingerprint density at radius 2 is 1.10 bits per heavy atom. The summed E-state index contributed by atoms with van der Waals surface area (Å²) in [4.78, 5) is 10.0. The molecule has 0 saturated heterocycles. The standard InChI is InChI=1S/C31H30FN11O18S6.CH4.4Na/c32-29-37-30(35-17-1-6-20(7-2-17)65(47,48)13-11-54-63-60-57-45)39-31(38-29)36-19-5-10-24(62-59-56-44)22(15-19)41-43-28-26(33)23(16-25(27(28)34)67(51,52)53)42-40-18-3-8-21(9-4-18)66(49,50)14-12-55-64-61-58-46;;;;;/h1-10,15-16,44-46H,11-14,33-34H2,(H,51,52,53)(H2,35,36,37,38,39);1H4;;;;/q;;4*+1/p-4. The van der Waals surface area contributed by atoms with Gasteiger partial charge in [-0.3, -0.25) is 23.5 Å². The van der Waals surface area contributed by atoms with Crippen LogP contribution in [-0.2, 0) is 66.3 Å². The van der Waals surface area contributed by atoms with Gasteiger partial charge in [0, 0.05) is 11.4 Å². The average molecular weight is 1160 g/mol. The number of benzene rings is 4. The molecule has 1 heterocycles. The number of rotatable bonds is 26. The van der Waals surface area contributed by atoms with Crippen molar-refractivity contribution in [3.05, 3.63) is 78.9 Å². The van der Waals surface area contributed by atoms with Crippen LogP contribution >= 0.6 is 36.7 Å². The van der Waals surface area contributed by atoms with Crippen LogP contribution in [0.3, 0.4) is 0 Å². The van der Waals surface area contributed by atoms with E-state index < -0.39 is 75.0 Å². The first kappa shape index (κ1) is 70.6. The van der Waals surface area contributed by atoms with Crippen molar-refractivity contribution in [1.82, 2.24) is 15.0 Å². The first-order chi connectivity index (χ1) is 31.9. The van der Waals surface area contributed by atoms with Crippen molar-refractivity contribution in [3.8, 4) is 0 Å². The minimum atomic E-state index is -5.32. The number of azo groups is 2. The van der Waals surface area contributed by atoms with E-state index in [1.807, 2.05) is 0 Å². The summed E-state index contributed by atoms with van der Waals surface area (Å²) >= 11 is 0.634. The molecule has 368 valence electrons. The predicted molar refractivity (Wildman–Crippen MR) is 228 cm³/mol. The topological polar surface area (TPSA) is 433 Å². The Labute approximate surface area is 510 Å². The van der Waals surface area contributed by atoms with Crippen molar-refractivity contribution in [2.45, 2.75) is 27.0 Å². The van der Waals surface area contributed by atoms with E-state index in [0.29, 0.717) is 12.0 Å². The first-order valence-electron chi connectivity index (χ1n) is 17.3. The van der Waals surface area contributed by atoms with Gasteiger partial charge in [-0.05, 0) is 72.8 Å². The number of halogens is 1. The van der Waals surface area contributed by atoms with E-state index in [2.05, 4.69) is 74.2 Å². The summed E-state index contributed by atoms with van der Waals surface area (Å²) in [6.07, 6.45) is -1.26. The van der Waals surface area contributed by atoms with Crippen molar-refractivity contribution in [2.75, 3.05) is 46.8 Å². The van der Waals surface area contributed by atoms with Crippen LogP contribution in [0.5, 0.6) is 0 Å². The van der Waals surface area contributed by atoms with Gasteiger partial charge in [0.1, 0.15) is 27.2 Å². The Morgan fingerprint density at radius 3 is 1.61 bits per heavy atom. The Hall–Kier alpha value is -1.36. The second-order valence-corrected chi connectivity index (χ2v) is 19.4. The average Bonchev–Trinajstić information content (AvgIpc) is 3.28. The van der Waals surface area contributed by atoms with E-state index in [1.54, 1.807) is 0 Å². The molecule has 0 radical (unpaired) electrons. The molecule has 0 spiro atoms. The summed E-state index contributed by atoms with van der Waals surface area (Å²) in [6, 6.07) is 14.6. The molecule has 0 aliphatic heterocycles. The molecule has 5 aromatic rings. The van der Waals surface area contributed by atoms with Crippen molar-refractivity contribution < 1.29 is 205 Å². The summed E-state index contributed by atoms with van der Waals surface area (Å²) in [5.41, 5.74) is 10.2. The molecule has 0 fully saturated rings. The maximum atomic E-state index is 14.6. The molecule has 0 atom stereocenters. The van der Waals surface area contributed by atoms with Crippen LogP contribution in [0.1, 0.15) is 7.43 Å². The minimum absolute atomic E-state index is 0. The Balaban J connectivity index is 0.0000101. The molecule has 0 unspecified atom stereocenters. The van der Waals surface area contributed by atoms with E-state index >= 15 is 0 Å². The van der Waals surface area contributed by atoms with Crippen molar-refractivity contribution >= 4 is 124 Å². The van der Waals surface area contributed by atoms with Gasteiger partial charge in [0.2, 0.25) is 11.9 Å². The zero-order valence-corrected chi connectivity index (χ0v) is 49.6. The van der Waals surface area contributed by atoms with E-state index in [1.165, 1.54) is 66.7 Å². The van der Waals surface area contributed by atoms with Crippen molar-refractivity contribution in [1.29, 1.82) is 0 Å². The van der Waals surface area contributed by atoms with Gasteiger partial charge in [0.25, 0.3) is 0 Å². The second-order valence-electron chi connectivity index (χ2n) is 12.0. The zero-order valence-electron chi connectivity index (χ0n) is 36.7. The molecule has 1 aromatic heterocycles. The molecule has 0 aliphatic rings.